The number of nitrogens with zero attached hydrogens (tertiary/aromatic N) is 1. The molecule has 4 aromatic rings. The van der Waals surface area contributed by atoms with Crippen molar-refractivity contribution in [3.63, 3.8) is 0 Å². The largest absolute Gasteiger partial charge is 0.494 e. The van der Waals surface area contributed by atoms with Gasteiger partial charge in [0.05, 0.1) is 23.6 Å². The van der Waals surface area contributed by atoms with E-state index in [1.54, 1.807) is 29.2 Å². The predicted molar refractivity (Wildman–Crippen MR) is 123 cm³/mol. The predicted octanol–water partition coefficient (Wildman–Crippen LogP) is 5.33. The molecule has 5 nitrogen and oxygen atoms in total. The normalized spacial score (nSPS) is 15.2. The van der Waals surface area contributed by atoms with Gasteiger partial charge in [-0.15, -0.1) is 0 Å². The quantitative estimate of drug-likeness (QED) is 0.419. The molecule has 5 rings (SSSR count). The van der Waals surface area contributed by atoms with Gasteiger partial charge in [0, 0.05) is 6.54 Å². The van der Waals surface area contributed by atoms with E-state index in [0.29, 0.717) is 29.7 Å². The number of benzene rings is 3. The molecule has 0 saturated heterocycles. The minimum atomic E-state index is -0.552. The molecule has 32 heavy (non-hydrogen) atoms. The molecule has 5 heteroatoms. The van der Waals surface area contributed by atoms with Gasteiger partial charge < -0.3 is 14.1 Å². The van der Waals surface area contributed by atoms with E-state index in [4.69, 9.17) is 9.15 Å². The summed E-state index contributed by atoms with van der Waals surface area (Å²) >= 11 is 0. The van der Waals surface area contributed by atoms with E-state index in [0.717, 1.165) is 23.3 Å². The molecule has 1 aromatic heterocycles. The number of carbonyl (C=O) groups is 1. The zero-order chi connectivity index (χ0) is 22.1. The van der Waals surface area contributed by atoms with Crippen molar-refractivity contribution in [3.8, 4) is 5.75 Å². The lowest BCUT2D eigenvalue weighted by Gasteiger charge is -2.25. The van der Waals surface area contributed by atoms with Crippen LogP contribution in [-0.2, 0) is 6.54 Å². The molecule has 0 radical (unpaired) electrons. The van der Waals surface area contributed by atoms with Crippen LogP contribution in [0, 0.1) is 0 Å². The van der Waals surface area contributed by atoms with Gasteiger partial charge in [0.15, 0.2) is 5.43 Å². The second-order valence-electron chi connectivity index (χ2n) is 7.91. The summed E-state index contributed by atoms with van der Waals surface area (Å²) in [6.45, 7) is 3.02. The molecule has 1 amide bonds. The molecule has 2 heterocycles. The molecule has 1 atom stereocenters. The van der Waals surface area contributed by atoms with Crippen molar-refractivity contribution in [1.82, 2.24) is 4.90 Å². The highest BCUT2D eigenvalue weighted by Crippen LogP contribution is 2.39. The number of carbonyl (C=O) groups excluding carboxylic acids is 1. The Morgan fingerprint density at radius 1 is 0.938 bits per heavy atom. The highest BCUT2D eigenvalue weighted by atomic mass is 16.5. The van der Waals surface area contributed by atoms with Gasteiger partial charge >= 0.3 is 0 Å². The summed E-state index contributed by atoms with van der Waals surface area (Å²) in [7, 11) is 0. The molecule has 0 bridgehead atoms. The number of hydrogen-bond donors (Lipinski definition) is 0. The van der Waals surface area contributed by atoms with Crippen molar-refractivity contribution in [2.24, 2.45) is 0 Å². The standard InChI is InChI=1S/C27H23NO4/c1-2-15-31-20-12-8-11-19(16-20)24-23-25(29)21-13-6-7-14-22(21)32-26(23)27(30)28(24)17-18-9-4-3-5-10-18/h3-14,16,24H,2,15,17H2,1H3. The molecule has 0 N–H and O–H groups in total. The Bertz CT molecular complexity index is 1340. The Balaban J connectivity index is 1.68. The van der Waals surface area contributed by atoms with Crippen molar-refractivity contribution >= 4 is 16.9 Å². The lowest BCUT2D eigenvalue weighted by molar-refractivity contribution is 0.0714. The number of rotatable bonds is 6. The van der Waals surface area contributed by atoms with Crippen LogP contribution in [0.1, 0.15) is 46.6 Å². The van der Waals surface area contributed by atoms with Crippen LogP contribution in [0.5, 0.6) is 5.75 Å². The third-order valence-corrected chi connectivity index (χ3v) is 5.72. The Morgan fingerprint density at radius 2 is 1.72 bits per heavy atom. The molecule has 0 fully saturated rings. The maximum absolute atomic E-state index is 13.5. The Labute approximate surface area is 185 Å². The zero-order valence-electron chi connectivity index (χ0n) is 17.8. The van der Waals surface area contributed by atoms with Crippen molar-refractivity contribution in [3.05, 3.63) is 112 Å². The summed E-state index contributed by atoms with van der Waals surface area (Å²) in [6.07, 6.45) is 0.894. The smallest absolute Gasteiger partial charge is 0.291 e. The molecule has 0 saturated carbocycles. The van der Waals surface area contributed by atoms with E-state index in [1.165, 1.54) is 0 Å². The fourth-order valence-corrected chi connectivity index (χ4v) is 4.25. The van der Waals surface area contributed by atoms with Crippen LogP contribution in [0.25, 0.3) is 11.0 Å². The summed E-state index contributed by atoms with van der Waals surface area (Å²) < 4.78 is 11.8. The van der Waals surface area contributed by atoms with Crippen molar-refractivity contribution in [1.29, 1.82) is 0 Å². The van der Waals surface area contributed by atoms with Crippen molar-refractivity contribution < 1.29 is 13.9 Å². The third-order valence-electron chi connectivity index (χ3n) is 5.72. The lowest BCUT2D eigenvalue weighted by atomic mass is 9.98. The van der Waals surface area contributed by atoms with E-state index in [1.807, 2.05) is 61.5 Å². The van der Waals surface area contributed by atoms with E-state index < -0.39 is 6.04 Å². The van der Waals surface area contributed by atoms with Gasteiger partial charge in [0.25, 0.3) is 5.91 Å². The molecule has 3 aromatic carbocycles. The van der Waals surface area contributed by atoms with Crippen LogP contribution in [0.15, 0.2) is 88.1 Å². The summed E-state index contributed by atoms with van der Waals surface area (Å²) in [5.41, 5.74) is 2.44. The molecular weight excluding hydrogens is 402 g/mol. The highest BCUT2D eigenvalue weighted by molar-refractivity contribution is 5.99. The Hall–Kier alpha value is -3.86. The van der Waals surface area contributed by atoms with Crippen LogP contribution in [0.3, 0.4) is 0 Å². The Morgan fingerprint density at radius 3 is 2.53 bits per heavy atom. The molecular formula is C27H23NO4. The van der Waals surface area contributed by atoms with Gasteiger partial charge in [-0.25, -0.2) is 0 Å². The molecule has 160 valence electrons. The summed E-state index contributed by atoms with van der Waals surface area (Å²) in [5.74, 6) is 0.557. The summed E-state index contributed by atoms with van der Waals surface area (Å²) in [6, 6.07) is 23.9. The Kier molecular flexibility index (Phi) is 5.23. The maximum Gasteiger partial charge on any atom is 0.291 e. The van der Waals surface area contributed by atoms with Crippen LogP contribution in [0.4, 0.5) is 0 Å². The summed E-state index contributed by atoms with van der Waals surface area (Å²) in [4.78, 5) is 28.7. The van der Waals surface area contributed by atoms with E-state index >= 15 is 0 Å². The van der Waals surface area contributed by atoms with Crippen LogP contribution in [0.2, 0.25) is 0 Å². The third kappa shape index (κ3) is 3.46. The first-order valence-electron chi connectivity index (χ1n) is 10.8. The van der Waals surface area contributed by atoms with Gasteiger partial charge in [-0.1, -0.05) is 61.5 Å². The van der Waals surface area contributed by atoms with E-state index in [-0.39, 0.29) is 17.1 Å². The first-order valence-corrected chi connectivity index (χ1v) is 10.8. The fourth-order valence-electron chi connectivity index (χ4n) is 4.25. The molecule has 0 spiro atoms. The van der Waals surface area contributed by atoms with Gasteiger partial charge in [0.2, 0.25) is 5.76 Å². The van der Waals surface area contributed by atoms with Gasteiger partial charge in [0.1, 0.15) is 11.3 Å². The van der Waals surface area contributed by atoms with E-state index in [2.05, 4.69) is 0 Å². The van der Waals surface area contributed by atoms with Crippen molar-refractivity contribution in [2.45, 2.75) is 25.9 Å². The molecule has 1 unspecified atom stereocenters. The van der Waals surface area contributed by atoms with Crippen LogP contribution < -0.4 is 10.2 Å². The minimum absolute atomic E-state index is 0.120. The van der Waals surface area contributed by atoms with Gasteiger partial charge in [-0.05, 0) is 41.8 Å². The number of fused-ring (bicyclic) bond motifs is 2. The topological polar surface area (TPSA) is 59.8 Å². The van der Waals surface area contributed by atoms with E-state index in [9.17, 15) is 9.59 Å². The minimum Gasteiger partial charge on any atom is -0.494 e. The molecule has 1 aliphatic heterocycles. The monoisotopic (exact) mass is 425 g/mol. The first kappa shape index (κ1) is 20.1. The maximum atomic E-state index is 13.5. The average molecular weight is 425 g/mol. The van der Waals surface area contributed by atoms with Gasteiger partial charge in [-0.3, -0.25) is 9.59 Å². The second-order valence-corrected chi connectivity index (χ2v) is 7.91. The number of ether oxygens (including phenoxy) is 1. The zero-order valence-corrected chi connectivity index (χ0v) is 17.8. The SMILES string of the molecule is CCCOc1cccc(C2c3c(oc4ccccc4c3=O)C(=O)N2Cc2ccccc2)c1. The molecule has 1 aliphatic rings. The first-order chi connectivity index (χ1) is 15.7. The second kappa shape index (κ2) is 8.35. The average Bonchev–Trinajstić information content (AvgIpc) is 3.10. The van der Waals surface area contributed by atoms with Gasteiger partial charge in [-0.2, -0.15) is 0 Å². The van der Waals surface area contributed by atoms with Crippen molar-refractivity contribution in [2.75, 3.05) is 6.61 Å². The number of amides is 1. The summed E-state index contributed by atoms with van der Waals surface area (Å²) in [5, 5.41) is 0.476. The van der Waals surface area contributed by atoms with Crippen LogP contribution >= 0.6 is 0 Å². The number of hydrogen-bond acceptors (Lipinski definition) is 4. The molecule has 0 aliphatic carbocycles. The fraction of sp³-hybridized carbons (Fsp3) is 0.185. The lowest BCUT2D eigenvalue weighted by Crippen LogP contribution is -2.29. The number of para-hydroxylation sites is 1. The highest BCUT2D eigenvalue weighted by Gasteiger charge is 2.42. The van der Waals surface area contributed by atoms with Crippen LogP contribution in [-0.4, -0.2) is 17.4 Å².